The minimum absolute atomic E-state index is 0.237. The third kappa shape index (κ3) is 4.45. The van der Waals surface area contributed by atoms with Crippen molar-refractivity contribution >= 4 is 5.97 Å². The predicted molar refractivity (Wildman–Crippen MR) is 64.6 cm³/mol. The number of carbonyl (C=O) groups excluding carboxylic acids is 1. The summed E-state index contributed by atoms with van der Waals surface area (Å²) in [5.41, 5.74) is 1.76. The highest BCUT2D eigenvalue weighted by Crippen LogP contribution is 2.05. The van der Waals surface area contributed by atoms with E-state index in [9.17, 15) is 4.79 Å². The molecule has 16 heavy (non-hydrogen) atoms. The molecule has 3 nitrogen and oxygen atoms in total. The van der Waals surface area contributed by atoms with Crippen molar-refractivity contribution in [2.75, 3.05) is 27.2 Å². The number of hydrogen-bond acceptors (Lipinski definition) is 3. The van der Waals surface area contributed by atoms with Gasteiger partial charge in [-0.05, 0) is 39.6 Å². The molecule has 0 radical (unpaired) electrons. The lowest BCUT2D eigenvalue weighted by Gasteiger charge is -2.09. The molecule has 0 bridgehead atoms. The average Bonchev–Trinajstić information content (AvgIpc) is 2.25. The van der Waals surface area contributed by atoms with Crippen molar-refractivity contribution in [2.45, 2.75) is 13.3 Å². The lowest BCUT2D eigenvalue weighted by atomic mass is 10.1. The topological polar surface area (TPSA) is 29.5 Å². The van der Waals surface area contributed by atoms with E-state index in [-0.39, 0.29) is 5.97 Å². The van der Waals surface area contributed by atoms with Crippen LogP contribution in [0.25, 0.3) is 0 Å². The maximum Gasteiger partial charge on any atom is 0.338 e. The van der Waals surface area contributed by atoms with E-state index in [1.165, 1.54) is 0 Å². The largest absolute Gasteiger partial charge is 0.462 e. The average molecular weight is 221 g/mol. The van der Waals surface area contributed by atoms with Crippen LogP contribution in [0.5, 0.6) is 0 Å². The second-order valence-corrected chi connectivity index (χ2v) is 4.16. The standard InChI is InChI=1S/C13H19NO2/c1-11-5-7-12(8-6-11)13(15)16-10-4-9-14(2)3/h5-8H,4,9-10H2,1-3H3. The third-order valence-electron chi connectivity index (χ3n) is 2.27. The highest BCUT2D eigenvalue weighted by molar-refractivity contribution is 5.89. The monoisotopic (exact) mass is 221 g/mol. The van der Waals surface area contributed by atoms with E-state index in [2.05, 4.69) is 4.90 Å². The molecule has 1 aromatic rings. The number of esters is 1. The molecule has 88 valence electrons. The summed E-state index contributed by atoms with van der Waals surface area (Å²) in [6.45, 7) is 3.40. The molecular formula is C13H19NO2. The molecule has 1 rings (SSSR count). The molecule has 1 aromatic carbocycles. The van der Waals surface area contributed by atoms with Crippen molar-refractivity contribution in [3.63, 3.8) is 0 Å². The number of aryl methyl sites for hydroxylation is 1. The van der Waals surface area contributed by atoms with Gasteiger partial charge in [0.05, 0.1) is 12.2 Å². The van der Waals surface area contributed by atoms with Gasteiger partial charge in [0.15, 0.2) is 0 Å². The van der Waals surface area contributed by atoms with E-state index in [1.807, 2.05) is 33.2 Å². The molecule has 0 atom stereocenters. The van der Waals surface area contributed by atoms with Crippen molar-refractivity contribution in [2.24, 2.45) is 0 Å². The van der Waals surface area contributed by atoms with Gasteiger partial charge < -0.3 is 9.64 Å². The molecule has 0 spiro atoms. The quantitative estimate of drug-likeness (QED) is 0.563. The van der Waals surface area contributed by atoms with Crippen molar-refractivity contribution in [1.29, 1.82) is 0 Å². The molecule has 0 fully saturated rings. The Morgan fingerprint density at radius 1 is 1.25 bits per heavy atom. The van der Waals surface area contributed by atoms with Crippen LogP contribution in [0.1, 0.15) is 22.3 Å². The van der Waals surface area contributed by atoms with E-state index >= 15 is 0 Å². The zero-order chi connectivity index (χ0) is 12.0. The highest BCUT2D eigenvalue weighted by atomic mass is 16.5. The summed E-state index contributed by atoms with van der Waals surface area (Å²) in [5.74, 6) is -0.237. The Morgan fingerprint density at radius 2 is 1.88 bits per heavy atom. The van der Waals surface area contributed by atoms with Gasteiger partial charge in [-0.3, -0.25) is 0 Å². The van der Waals surface area contributed by atoms with Crippen LogP contribution >= 0.6 is 0 Å². The Labute approximate surface area is 97.0 Å². The summed E-state index contributed by atoms with van der Waals surface area (Å²) in [5, 5.41) is 0. The second kappa shape index (κ2) is 6.28. The molecule has 0 aliphatic rings. The Kier molecular flexibility index (Phi) is 4.99. The van der Waals surface area contributed by atoms with Gasteiger partial charge in [0.25, 0.3) is 0 Å². The number of nitrogens with zero attached hydrogens (tertiary/aromatic N) is 1. The van der Waals surface area contributed by atoms with Gasteiger partial charge in [0.2, 0.25) is 0 Å². The minimum atomic E-state index is -0.237. The second-order valence-electron chi connectivity index (χ2n) is 4.16. The van der Waals surface area contributed by atoms with E-state index in [0.29, 0.717) is 12.2 Å². The molecule has 0 aliphatic heterocycles. The fraction of sp³-hybridized carbons (Fsp3) is 0.462. The fourth-order valence-electron chi connectivity index (χ4n) is 1.32. The summed E-state index contributed by atoms with van der Waals surface area (Å²) < 4.78 is 5.15. The molecule has 0 saturated heterocycles. The maximum atomic E-state index is 11.6. The van der Waals surface area contributed by atoms with Crippen LogP contribution in [0.3, 0.4) is 0 Å². The van der Waals surface area contributed by atoms with Crippen LogP contribution in [-0.4, -0.2) is 38.1 Å². The number of benzene rings is 1. The van der Waals surface area contributed by atoms with Crippen LogP contribution in [0.2, 0.25) is 0 Å². The number of carbonyl (C=O) groups is 1. The Balaban J connectivity index is 2.32. The van der Waals surface area contributed by atoms with Gasteiger partial charge in [-0.25, -0.2) is 4.79 Å². The third-order valence-corrected chi connectivity index (χ3v) is 2.27. The van der Waals surface area contributed by atoms with Gasteiger partial charge in [-0.15, -0.1) is 0 Å². The van der Waals surface area contributed by atoms with E-state index in [1.54, 1.807) is 12.1 Å². The Morgan fingerprint density at radius 3 is 2.44 bits per heavy atom. The van der Waals surface area contributed by atoms with Crippen LogP contribution in [-0.2, 0) is 4.74 Å². The van der Waals surface area contributed by atoms with Crippen LogP contribution < -0.4 is 0 Å². The van der Waals surface area contributed by atoms with Crippen LogP contribution in [0.4, 0.5) is 0 Å². The van der Waals surface area contributed by atoms with Gasteiger partial charge >= 0.3 is 5.97 Å². The number of rotatable bonds is 5. The van der Waals surface area contributed by atoms with Gasteiger partial charge in [-0.2, -0.15) is 0 Å². The molecule has 0 N–H and O–H groups in total. The first-order valence-corrected chi connectivity index (χ1v) is 5.48. The lowest BCUT2D eigenvalue weighted by molar-refractivity contribution is 0.0493. The summed E-state index contributed by atoms with van der Waals surface area (Å²) in [7, 11) is 4.00. The number of ether oxygens (including phenoxy) is 1. The normalized spacial score (nSPS) is 10.5. The maximum absolute atomic E-state index is 11.6. The van der Waals surface area contributed by atoms with Crippen molar-refractivity contribution in [3.8, 4) is 0 Å². The molecule has 0 amide bonds. The summed E-state index contributed by atoms with van der Waals surface area (Å²) in [6.07, 6.45) is 0.866. The Bertz CT molecular complexity index is 330. The molecule has 0 aromatic heterocycles. The predicted octanol–water partition coefficient (Wildman–Crippen LogP) is 2.10. The first-order valence-electron chi connectivity index (χ1n) is 5.48. The van der Waals surface area contributed by atoms with Crippen molar-refractivity contribution in [3.05, 3.63) is 35.4 Å². The summed E-state index contributed by atoms with van der Waals surface area (Å²) in [4.78, 5) is 13.6. The Hall–Kier alpha value is -1.35. The van der Waals surface area contributed by atoms with Crippen molar-refractivity contribution in [1.82, 2.24) is 4.90 Å². The van der Waals surface area contributed by atoms with Gasteiger partial charge in [0.1, 0.15) is 0 Å². The minimum Gasteiger partial charge on any atom is -0.462 e. The lowest BCUT2D eigenvalue weighted by Crippen LogP contribution is -2.16. The van der Waals surface area contributed by atoms with Gasteiger partial charge in [0, 0.05) is 6.54 Å². The summed E-state index contributed by atoms with van der Waals surface area (Å²) >= 11 is 0. The SMILES string of the molecule is Cc1ccc(C(=O)OCCCN(C)C)cc1. The molecule has 0 unspecified atom stereocenters. The molecule has 0 heterocycles. The molecule has 0 saturated carbocycles. The van der Waals surface area contributed by atoms with Crippen LogP contribution in [0.15, 0.2) is 24.3 Å². The first kappa shape index (κ1) is 12.7. The zero-order valence-corrected chi connectivity index (χ0v) is 10.2. The van der Waals surface area contributed by atoms with E-state index < -0.39 is 0 Å². The van der Waals surface area contributed by atoms with Crippen LogP contribution in [0, 0.1) is 6.92 Å². The zero-order valence-electron chi connectivity index (χ0n) is 10.2. The first-order chi connectivity index (χ1) is 7.59. The van der Waals surface area contributed by atoms with E-state index in [4.69, 9.17) is 4.74 Å². The van der Waals surface area contributed by atoms with E-state index in [0.717, 1.165) is 18.5 Å². The molecular weight excluding hydrogens is 202 g/mol. The van der Waals surface area contributed by atoms with Gasteiger partial charge in [-0.1, -0.05) is 17.7 Å². The smallest absolute Gasteiger partial charge is 0.338 e. The molecule has 0 aliphatic carbocycles. The summed E-state index contributed by atoms with van der Waals surface area (Å²) in [6, 6.07) is 7.42. The number of hydrogen-bond donors (Lipinski definition) is 0. The molecule has 3 heteroatoms. The van der Waals surface area contributed by atoms with Crippen molar-refractivity contribution < 1.29 is 9.53 Å². The highest BCUT2D eigenvalue weighted by Gasteiger charge is 2.05. The fourth-order valence-corrected chi connectivity index (χ4v) is 1.32.